The largest absolute Gasteiger partial charge is 0.206 e. The second-order valence-electron chi connectivity index (χ2n) is 10.0. The van der Waals surface area contributed by atoms with Gasteiger partial charge < -0.3 is 0 Å². The first kappa shape index (κ1) is 21.6. The first-order valence-electron chi connectivity index (χ1n) is 12.5. The van der Waals surface area contributed by atoms with Crippen molar-refractivity contribution in [2.24, 2.45) is 17.8 Å². The molecular weight excluding hydrogens is 367 g/mol. The molecule has 0 nitrogen and oxygen atoms in total. The monoisotopic (exact) mass is 406 g/mol. The van der Waals surface area contributed by atoms with Gasteiger partial charge in [0.05, 0.1) is 0 Å². The fourth-order valence-corrected chi connectivity index (χ4v) is 6.36. The zero-order valence-electron chi connectivity index (χ0n) is 18.8. The van der Waals surface area contributed by atoms with E-state index in [4.69, 9.17) is 0 Å². The summed E-state index contributed by atoms with van der Waals surface area (Å²) in [7, 11) is 0. The maximum absolute atomic E-state index is 15.4. The van der Waals surface area contributed by atoms with E-state index in [-0.39, 0.29) is 5.82 Å². The standard InChI is InChI=1S/C29H39F/c1-3-5-7-22-10-18-28-26(20-22)17-19-27(29(28)30)25-15-13-24(14-16-25)23-11-8-21(6-4-2)9-12-23/h3,10,17-21,23-25H,1,4-9,11-16H2,2H3. The van der Waals surface area contributed by atoms with Gasteiger partial charge in [0.25, 0.3) is 0 Å². The predicted octanol–water partition coefficient (Wildman–Crippen LogP) is 8.98. The Balaban J connectivity index is 1.38. The third kappa shape index (κ3) is 4.82. The number of benzene rings is 2. The molecule has 2 aliphatic carbocycles. The number of hydrogen-bond acceptors (Lipinski definition) is 0. The zero-order valence-corrected chi connectivity index (χ0v) is 18.8. The molecule has 30 heavy (non-hydrogen) atoms. The van der Waals surface area contributed by atoms with E-state index in [9.17, 15) is 0 Å². The second kappa shape index (κ2) is 10.1. The van der Waals surface area contributed by atoms with Crippen molar-refractivity contribution >= 4 is 10.8 Å². The van der Waals surface area contributed by atoms with Gasteiger partial charge in [-0.25, -0.2) is 4.39 Å². The van der Waals surface area contributed by atoms with Crippen LogP contribution in [0.15, 0.2) is 43.0 Å². The summed E-state index contributed by atoms with van der Waals surface area (Å²) in [6.45, 7) is 6.12. The minimum atomic E-state index is 0.0336. The minimum Gasteiger partial charge on any atom is -0.206 e. The van der Waals surface area contributed by atoms with E-state index in [1.54, 1.807) is 0 Å². The van der Waals surface area contributed by atoms with Crippen LogP contribution < -0.4 is 0 Å². The highest BCUT2D eigenvalue weighted by Gasteiger charge is 2.32. The van der Waals surface area contributed by atoms with Crippen LogP contribution in [-0.4, -0.2) is 0 Å². The molecule has 2 aromatic carbocycles. The number of fused-ring (bicyclic) bond motifs is 1. The lowest BCUT2D eigenvalue weighted by atomic mass is 9.68. The molecule has 2 saturated carbocycles. The molecule has 4 rings (SSSR count). The maximum Gasteiger partial charge on any atom is 0.134 e. The SMILES string of the molecule is C=CCCc1ccc2c(F)c(C3CCC(C4CCC(CCC)CC4)CC3)ccc2c1. The van der Waals surface area contributed by atoms with Crippen LogP contribution in [0.4, 0.5) is 4.39 Å². The van der Waals surface area contributed by atoms with Gasteiger partial charge in [-0.1, -0.05) is 69.0 Å². The average Bonchev–Trinajstić information content (AvgIpc) is 2.79. The molecule has 0 aromatic heterocycles. The van der Waals surface area contributed by atoms with Crippen LogP contribution in [0, 0.1) is 23.6 Å². The molecule has 0 bridgehead atoms. The van der Waals surface area contributed by atoms with Gasteiger partial charge >= 0.3 is 0 Å². The van der Waals surface area contributed by atoms with Gasteiger partial charge in [-0.3, -0.25) is 0 Å². The molecule has 2 aromatic rings. The van der Waals surface area contributed by atoms with E-state index in [0.29, 0.717) is 5.92 Å². The summed E-state index contributed by atoms with van der Waals surface area (Å²) < 4.78 is 15.4. The molecule has 0 heterocycles. The summed E-state index contributed by atoms with van der Waals surface area (Å²) in [6.07, 6.45) is 17.4. The molecule has 2 fully saturated rings. The number of rotatable bonds is 7. The van der Waals surface area contributed by atoms with Gasteiger partial charge in [0.1, 0.15) is 5.82 Å². The molecule has 0 aliphatic heterocycles. The molecule has 0 radical (unpaired) electrons. The lowest BCUT2D eigenvalue weighted by Gasteiger charge is -2.38. The molecular formula is C29H39F. The number of hydrogen-bond donors (Lipinski definition) is 0. The Labute approximate surface area is 183 Å². The van der Waals surface area contributed by atoms with Crippen molar-refractivity contribution in [2.75, 3.05) is 0 Å². The summed E-state index contributed by atoms with van der Waals surface area (Å²) in [6, 6.07) is 10.5. The van der Waals surface area contributed by atoms with Gasteiger partial charge in [-0.2, -0.15) is 0 Å². The minimum absolute atomic E-state index is 0.0336. The highest BCUT2D eigenvalue weighted by molar-refractivity contribution is 5.84. The molecule has 0 atom stereocenters. The lowest BCUT2D eigenvalue weighted by molar-refractivity contribution is 0.156. The first-order valence-corrected chi connectivity index (χ1v) is 12.5. The van der Waals surface area contributed by atoms with Gasteiger partial charge in [-0.05, 0) is 91.6 Å². The smallest absolute Gasteiger partial charge is 0.134 e. The molecule has 0 N–H and O–H groups in total. The number of aryl methyl sites for hydroxylation is 1. The Morgan fingerprint density at radius 3 is 2.30 bits per heavy atom. The van der Waals surface area contributed by atoms with Gasteiger partial charge in [-0.15, -0.1) is 6.58 Å². The fraction of sp³-hybridized carbons (Fsp3) is 0.586. The summed E-state index contributed by atoms with van der Waals surface area (Å²) in [5.74, 6) is 3.26. The van der Waals surface area contributed by atoms with E-state index in [1.807, 2.05) is 12.1 Å². The third-order valence-electron chi connectivity index (χ3n) is 8.15. The maximum atomic E-state index is 15.4. The summed E-state index contributed by atoms with van der Waals surface area (Å²) in [4.78, 5) is 0. The van der Waals surface area contributed by atoms with Gasteiger partial charge in [0.15, 0.2) is 0 Å². The number of halogens is 1. The summed E-state index contributed by atoms with van der Waals surface area (Å²) in [5, 5.41) is 1.83. The van der Waals surface area contributed by atoms with Crippen LogP contribution in [-0.2, 0) is 6.42 Å². The fourth-order valence-electron chi connectivity index (χ4n) is 6.36. The normalized spacial score (nSPS) is 27.3. The molecule has 162 valence electrons. The molecule has 0 spiro atoms. The van der Waals surface area contributed by atoms with E-state index in [2.05, 4.69) is 37.8 Å². The Morgan fingerprint density at radius 2 is 1.63 bits per heavy atom. The van der Waals surface area contributed by atoms with Crippen molar-refractivity contribution in [3.8, 4) is 0 Å². The highest BCUT2D eigenvalue weighted by atomic mass is 19.1. The molecule has 1 heteroatoms. The van der Waals surface area contributed by atoms with E-state index >= 15 is 4.39 Å². The van der Waals surface area contributed by atoms with E-state index in [0.717, 1.165) is 46.9 Å². The highest BCUT2D eigenvalue weighted by Crippen LogP contribution is 2.45. The van der Waals surface area contributed by atoms with Crippen molar-refractivity contribution in [3.05, 3.63) is 59.9 Å². The zero-order chi connectivity index (χ0) is 20.9. The van der Waals surface area contributed by atoms with E-state index < -0.39 is 0 Å². The predicted molar refractivity (Wildman–Crippen MR) is 127 cm³/mol. The summed E-state index contributed by atoms with van der Waals surface area (Å²) >= 11 is 0. The van der Waals surface area contributed by atoms with Crippen molar-refractivity contribution < 1.29 is 4.39 Å². The average molecular weight is 407 g/mol. The molecule has 0 unspecified atom stereocenters. The molecule has 2 aliphatic rings. The topological polar surface area (TPSA) is 0 Å². The Morgan fingerprint density at radius 1 is 0.933 bits per heavy atom. The van der Waals surface area contributed by atoms with Crippen LogP contribution in [0.1, 0.15) is 94.6 Å². The Bertz CT molecular complexity index is 835. The second-order valence-corrected chi connectivity index (χ2v) is 10.0. The lowest BCUT2D eigenvalue weighted by Crippen LogP contribution is -2.25. The summed E-state index contributed by atoms with van der Waals surface area (Å²) in [5.41, 5.74) is 2.23. The third-order valence-corrected chi connectivity index (χ3v) is 8.15. The van der Waals surface area contributed by atoms with Crippen LogP contribution >= 0.6 is 0 Å². The van der Waals surface area contributed by atoms with Crippen molar-refractivity contribution in [1.29, 1.82) is 0 Å². The van der Waals surface area contributed by atoms with Crippen molar-refractivity contribution in [1.82, 2.24) is 0 Å². The first-order chi connectivity index (χ1) is 14.7. The van der Waals surface area contributed by atoms with Crippen LogP contribution in [0.5, 0.6) is 0 Å². The Kier molecular flexibility index (Phi) is 7.28. The van der Waals surface area contributed by atoms with Crippen LogP contribution in [0.25, 0.3) is 10.8 Å². The molecule has 0 saturated heterocycles. The number of allylic oxidation sites excluding steroid dienone is 1. The molecule has 0 amide bonds. The van der Waals surface area contributed by atoms with Crippen LogP contribution in [0.2, 0.25) is 0 Å². The van der Waals surface area contributed by atoms with E-state index in [1.165, 1.54) is 69.8 Å². The van der Waals surface area contributed by atoms with Crippen molar-refractivity contribution in [3.63, 3.8) is 0 Å². The Hall–Kier alpha value is -1.63. The van der Waals surface area contributed by atoms with Crippen molar-refractivity contribution in [2.45, 2.75) is 89.9 Å². The van der Waals surface area contributed by atoms with Gasteiger partial charge in [0, 0.05) is 5.39 Å². The van der Waals surface area contributed by atoms with Crippen LogP contribution in [0.3, 0.4) is 0 Å². The quantitative estimate of drug-likeness (QED) is 0.402. The van der Waals surface area contributed by atoms with Gasteiger partial charge in [0.2, 0.25) is 0 Å².